The van der Waals surface area contributed by atoms with Crippen LogP contribution in [0.1, 0.15) is 46.5 Å². The van der Waals surface area contributed by atoms with Crippen molar-refractivity contribution < 1.29 is 14.6 Å². The van der Waals surface area contributed by atoms with Crippen LogP contribution in [0, 0.1) is 0 Å². The Kier molecular flexibility index (Phi) is 8.31. The lowest BCUT2D eigenvalue weighted by Gasteiger charge is -2.00. The number of ether oxygens (including phenoxy) is 1. The zero-order valence-electron chi connectivity index (χ0n) is 10.5. The number of hydrogen-bond acceptors (Lipinski definition) is 2. The van der Waals surface area contributed by atoms with Crippen molar-refractivity contribution in [2.75, 3.05) is 6.61 Å². The van der Waals surface area contributed by atoms with E-state index in [1.807, 2.05) is 0 Å². The Morgan fingerprint density at radius 1 is 1.19 bits per heavy atom. The Morgan fingerprint density at radius 2 is 1.88 bits per heavy atom. The highest BCUT2D eigenvalue weighted by Gasteiger charge is 1.94. The summed E-state index contributed by atoms with van der Waals surface area (Å²) >= 11 is 0. The van der Waals surface area contributed by atoms with Crippen molar-refractivity contribution >= 4 is 6.16 Å². The van der Waals surface area contributed by atoms with Gasteiger partial charge in [-0.05, 0) is 46.5 Å². The molecule has 0 aromatic carbocycles. The maximum atomic E-state index is 10.1. The normalized spacial score (nSPS) is 11.1. The van der Waals surface area contributed by atoms with E-state index < -0.39 is 6.16 Å². The number of allylic oxidation sites excluding steroid dienone is 4. The van der Waals surface area contributed by atoms with Crippen molar-refractivity contribution in [2.45, 2.75) is 46.5 Å². The lowest BCUT2D eigenvalue weighted by atomic mass is 10.1. The highest BCUT2D eigenvalue weighted by atomic mass is 16.7. The van der Waals surface area contributed by atoms with Crippen LogP contribution in [0.2, 0.25) is 0 Å². The van der Waals surface area contributed by atoms with Gasteiger partial charge in [-0.25, -0.2) is 4.79 Å². The number of unbranched alkanes of at least 4 members (excludes halogenated alkanes) is 1. The van der Waals surface area contributed by atoms with Crippen molar-refractivity contribution in [1.29, 1.82) is 0 Å². The second-order valence-corrected chi connectivity index (χ2v) is 4.13. The minimum atomic E-state index is -1.19. The molecular weight excluding hydrogens is 204 g/mol. The summed E-state index contributed by atoms with van der Waals surface area (Å²) in [4.78, 5) is 10.1. The van der Waals surface area contributed by atoms with Crippen molar-refractivity contribution in [1.82, 2.24) is 0 Å². The van der Waals surface area contributed by atoms with Crippen molar-refractivity contribution in [3.63, 3.8) is 0 Å². The largest absolute Gasteiger partial charge is 0.505 e. The monoisotopic (exact) mass is 226 g/mol. The van der Waals surface area contributed by atoms with Crippen LogP contribution in [0.15, 0.2) is 23.3 Å². The van der Waals surface area contributed by atoms with Gasteiger partial charge in [-0.3, -0.25) is 0 Å². The number of hydrogen-bond donors (Lipinski definition) is 1. The van der Waals surface area contributed by atoms with Crippen LogP contribution in [0.4, 0.5) is 4.79 Å². The minimum absolute atomic E-state index is 0.285. The summed E-state index contributed by atoms with van der Waals surface area (Å²) in [5.41, 5.74) is 2.70. The maximum Gasteiger partial charge on any atom is 0.505 e. The van der Waals surface area contributed by atoms with Crippen LogP contribution >= 0.6 is 0 Å². The molecule has 3 heteroatoms. The fourth-order valence-electron chi connectivity index (χ4n) is 1.28. The van der Waals surface area contributed by atoms with E-state index in [4.69, 9.17) is 5.11 Å². The Balaban J connectivity index is 3.55. The SMILES string of the molecule is CC(C)=CCC/C(C)=C/CCCOC(=O)O. The van der Waals surface area contributed by atoms with E-state index in [1.54, 1.807) is 0 Å². The van der Waals surface area contributed by atoms with Crippen LogP contribution < -0.4 is 0 Å². The molecule has 0 bridgehead atoms. The Labute approximate surface area is 97.8 Å². The van der Waals surface area contributed by atoms with Crippen LogP contribution in [0.5, 0.6) is 0 Å². The first kappa shape index (κ1) is 14.8. The van der Waals surface area contributed by atoms with Gasteiger partial charge in [0.05, 0.1) is 6.61 Å². The summed E-state index contributed by atoms with van der Waals surface area (Å²) in [6, 6.07) is 0. The van der Waals surface area contributed by atoms with Gasteiger partial charge in [0.2, 0.25) is 0 Å². The van der Waals surface area contributed by atoms with E-state index in [0.29, 0.717) is 0 Å². The molecule has 0 radical (unpaired) electrons. The summed E-state index contributed by atoms with van der Waals surface area (Å²) in [5, 5.41) is 8.25. The van der Waals surface area contributed by atoms with E-state index in [0.717, 1.165) is 25.7 Å². The van der Waals surface area contributed by atoms with Gasteiger partial charge in [-0.1, -0.05) is 23.3 Å². The van der Waals surface area contributed by atoms with E-state index in [1.165, 1.54) is 11.1 Å². The third kappa shape index (κ3) is 10.8. The van der Waals surface area contributed by atoms with E-state index >= 15 is 0 Å². The van der Waals surface area contributed by atoms with Crippen molar-refractivity contribution in [3.8, 4) is 0 Å². The molecule has 3 nitrogen and oxygen atoms in total. The molecule has 0 aliphatic heterocycles. The summed E-state index contributed by atoms with van der Waals surface area (Å²) < 4.78 is 4.41. The molecule has 1 N–H and O–H groups in total. The Hall–Kier alpha value is -1.25. The van der Waals surface area contributed by atoms with E-state index in [-0.39, 0.29) is 6.61 Å². The molecule has 0 saturated carbocycles. The van der Waals surface area contributed by atoms with Crippen LogP contribution in [-0.4, -0.2) is 17.9 Å². The molecule has 0 heterocycles. The van der Waals surface area contributed by atoms with Crippen LogP contribution in [-0.2, 0) is 4.74 Å². The van der Waals surface area contributed by atoms with E-state index in [9.17, 15) is 4.79 Å². The molecule has 16 heavy (non-hydrogen) atoms. The zero-order chi connectivity index (χ0) is 12.4. The Bertz CT molecular complexity index is 260. The fraction of sp³-hybridized carbons (Fsp3) is 0.615. The predicted molar refractivity (Wildman–Crippen MR) is 65.6 cm³/mol. The first-order valence-corrected chi connectivity index (χ1v) is 5.67. The third-order valence-electron chi connectivity index (χ3n) is 2.16. The molecule has 0 fully saturated rings. The topological polar surface area (TPSA) is 46.5 Å². The molecule has 0 aromatic rings. The van der Waals surface area contributed by atoms with Gasteiger partial charge in [0.1, 0.15) is 0 Å². The highest BCUT2D eigenvalue weighted by Crippen LogP contribution is 2.08. The fourth-order valence-corrected chi connectivity index (χ4v) is 1.28. The van der Waals surface area contributed by atoms with Gasteiger partial charge < -0.3 is 9.84 Å². The van der Waals surface area contributed by atoms with E-state index in [2.05, 4.69) is 37.7 Å². The molecule has 0 unspecified atom stereocenters. The molecule has 0 aromatic heterocycles. The van der Waals surface area contributed by atoms with Gasteiger partial charge >= 0.3 is 6.16 Å². The molecule has 0 atom stereocenters. The molecule has 0 aliphatic rings. The second kappa shape index (κ2) is 9.01. The van der Waals surface area contributed by atoms with Crippen molar-refractivity contribution in [2.24, 2.45) is 0 Å². The lowest BCUT2D eigenvalue weighted by molar-refractivity contribution is 0.0909. The number of carboxylic acid groups (broad SMARTS) is 1. The summed E-state index contributed by atoms with van der Waals surface area (Å²) in [6.45, 7) is 6.59. The second-order valence-electron chi connectivity index (χ2n) is 4.13. The molecule has 0 amide bonds. The molecular formula is C13H22O3. The van der Waals surface area contributed by atoms with Gasteiger partial charge in [0, 0.05) is 0 Å². The highest BCUT2D eigenvalue weighted by molar-refractivity contribution is 5.56. The lowest BCUT2D eigenvalue weighted by Crippen LogP contribution is -2.00. The molecule has 92 valence electrons. The smallest absolute Gasteiger partial charge is 0.450 e. The average Bonchev–Trinajstić information content (AvgIpc) is 2.16. The van der Waals surface area contributed by atoms with Gasteiger partial charge in [-0.2, -0.15) is 0 Å². The minimum Gasteiger partial charge on any atom is -0.450 e. The first-order chi connectivity index (χ1) is 7.52. The number of rotatable bonds is 7. The number of carbonyl (C=O) groups is 1. The quantitative estimate of drug-likeness (QED) is 0.403. The first-order valence-electron chi connectivity index (χ1n) is 5.67. The molecule has 0 saturated heterocycles. The van der Waals surface area contributed by atoms with Gasteiger partial charge in [0.15, 0.2) is 0 Å². The maximum absolute atomic E-state index is 10.1. The average molecular weight is 226 g/mol. The zero-order valence-corrected chi connectivity index (χ0v) is 10.5. The Morgan fingerprint density at radius 3 is 2.44 bits per heavy atom. The standard InChI is InChI=1S/C13H22O3/c1-11(2)7-6-9-12(3)8-4-5-10-16-13(14)15/h7-8H,4-6,9-10H2,1-3H3,(H,14,15)/b12-8+. The summed E-state index contributed by atoms with van der Waals surface area (Å²) in [6.07, 6.45) is 6.99. The summed E-state index contributed by atoms with van der Waals surface area (Å²) in [7, 11) is 0. The predicted octanol–water partition coefficient (Wildman–Crippen LogP) is 4.15. The van der Waals surface area contributed by atoms with Crippen molar-refractivity contribution in [3.05, 3.63) is 23.3 Å². The van der Waals surface area contributed by atoms with Gasteiger partial charge in [-0.15, -0.1) is 0 Å². The summed E-state index contributed by atoms with van der Waals surface area (Å²) in [5.74, 6) is 0. The van der Waals surface area contributed by atoms with Gasteiger partial charge in [0.25, 0.3) is 0 Å². The molecule has 0 rings (SSSR count). The third-order valence-corrected chi connectivity index (χ3v) is 2.16. The van der Waals surface area contributed by atoms with Crippen LogP contribution in [0.25, 0.3) is 0 Å². The molecule has 0 aliphatic carbocycles. The van der Waals surface area contributed by atoms with Crippen LogP contribution in [0.3, 0.4) is 0 Å². The molecule has 0 spiro atoms.